The highest BCUT2D eigenvalue weighted by Crippen LogP contribution is 2.40. The lowest BCUT2D eigenvalue weighted by molar-refractivity contribution is 0.0911. The van der Waals surface area contributed by atoms with Gasteiger partial charge in [-0.2, -0.15) is 0 Å². The Morgan fingerprint density at radius 2 is 1.41 bits per heavy atom. The number of halogens is 2. The zero-order valence-corrected chi connectivity index (χ0v) is 16.7. The van der Waals surface area contributed by atoms with Crippen molar-refractivity contribution in [3.8, 4) is 22.4 Å². The van der Waals surface area contributed by atoms with Crippen LogP contribution in [0, 0.1) is 5.41 Å². The Hall–Kier alpha value is -2.16. The first kappa shape index (κ1) is 18.2. The zero-order valence-electron chi connectivity index (χ0n) is 15.2. The summed E-state index contributed by atoms with van der Waals surface area (Å²) < 4.78 is 0. The number of ketones is 1. The minimum absolute atomic E-state index is 0.0903. The Morgan fingerprint density at radius 1 is 0.852 bits per heavy atom. The van der Waals surface area contributed by atoms with E-state index in [1.54, 1.807) is 0 Å². The van der Waals surface area contributed by atoms with E-state index in [4.69, 9.17) is 28.2 Å². The molecule has 0 fully saturated rings. The lowest BCUT2D eigenvalue weighted by Gasteiger charge is -2.31. The summed E-state index contributed by atoms with van der Waals surface area (Å²) >= 11 is 12.1. The van der Waals surface area contributed by atoms with Gasteiger partial charge >= 0.3 is 0 Å². The van der Waals surface area contributed by atoms with Crippen molar-refractivity contribution in [2.45, 2.75) is 26.7 Å². The van der Waals surface area contributed by atoms with Crippen LogP contribution in [0.4, 0.5) is 0 Å². The van der Waals surface area contributed by atoms with Crippen molar-refractivity contribution in [2.75, 3.05) is 0 Å². The van der Waals surface area contributed by atoms with Crippen molar-refractivity contribution < 1.29 is 4.79 Å². The van der Waals surface area contributed by atoms with Gasteiger partial charge in [0.1, 0.15) is 0 Å². The fourth-order valence-corrected chi connectivity index (χ4v) is 3.95. The van der Waals surface area contributed by atoms with Crippen LogP contribution in [-0.2, 0) is 6.42 Å². The predicted molar refractivity (Wildman–Crippen MR) is 112 cm³/mol. The number of benzene rings is 2. The fraction of sp³-hybridized carbons (Fsp3) is 0.217. The summed E-state index contributed by atoms with van der Waals surface area (Å²) in [5.74, 6) is 0.154. The van der Waals surface area contributed by atoms with Crippen LogP contribution >= 0.6 is 23.2 Å². The highest BCUT2D eigenvalue weighted by Gasteiger charge is 2.34. The minimum atomic E-state index is -0.0903. The standard InChI is InChI=1S/C23H19Cl2NO/c1-23(2)12-20-22(21(27)13-23)18(14-3-7-16(24)8-4-14)11-19(26-20)15-5-9-17(25)10-6-15/h3-11H,12-13H2,1-2H3. The SMILES string of the molecule is CC1(C)CC(=O)c2c(-c3ccc(Cl)cc3)cc(-c3ccc(Cl)cc3)nc2C1. The van der Waals surface area contributed by atoms with E-state index in [-0.39, 0.29) is 11.2 Å². The van der Waals surface area contributed by atoms with E-state index in [9.17, 15) is 4.79 Å². The van der Waals surface area contributed by atoms with E-state index in [1.807, 2.05) is 54.6 Å². The molecule has 0 spiro atoms. The van der Waals surface area contributed by atoms with Gasteiger partial charge in [-0.05, 0) is 53.3 Å². The van der Waals surface area contributed by atoms with Gasteiger partial charge in [-0.15, -0.1) is 0 Å². The fourth-order valence-electron chi connectivity index (χ4n) is 3.70. The number of nitrogens with zero attached hydrogens (tertiary/aromatic N) is 1. The molecule has 0 radical (unpaired) electrons. The molecule has 4 heteroatoms. The van der Waals surface area contributed by atoms with Crippen LogP contribution < -0.4 is 0 Å². The quantitative estimate of drug-likeness (QED) is 0.473. The van der Waals surface area contributed by atoms with Crippen LogP contribution in [0.3, 0.4) is 0 Å². The van der Waals surface area contributed by atoms with Crippen LogP contribution in [0.2, 0.25) is 10.0 Å². The average Bonchev–Trinajstić information content (AvgIpc) is 2.61. The van der Waals surface area contributed by atoms with Gasteiger partial charge in [0.2, 0.25) is 0 Å². The number of pyridine rings is 1. The Kier molecular flexibility index (Phi) is 4.57. The van der Waals surface area contributed by atoms with Crippen molar-refractivity contribution in [2.24, 2.45) is 5.41 Å². The minimum Gasteiger partial charge on any atom is -0.294 e. The van der Waals surface area contributed by atoms with Crippen molar-refractivity contribution >= 4 is 29.0 Å². The van der Waals surface area contributed by atoms with E-state index in [1.165, 1.54) is 0 Å². The summed E-state index contributed by atoms with van der Waals surface area (Å²) in [6, 6.07) is 17.2. The van der Waals surface area contributed by atoms with Gasteiger partial charge in [-0.3, -0.25) is 9.78 Å². The second-order valence-corrected chi connectivity index (χ2v) is 8.70. The van der Waals surface area contributed by atoms with Crippen LogP contribution in [-0.4, -0.2) is 10.8 Å². The summed E-state index contributed by atoms with van der Waals surface area (Å²) in [6.07, 6.45) is 1.30. The number of rotatable bonds is 2. The van der Waals surface area contributed by atoms with Gasteiger partial charge in [-0.25, -0.2) is 0 Å². The second-order valence-electron chi connectivity index (χ2n) is 7.83. The topological polar surface area (TPSA) is 30.0 Å². The lowest BCUT2D eigenvalue weighted by atomic mass is 9.74. The highest BCUT2D eigenvalue weighted by molar-refractivity contribution is 6.31. The molecule has 0 N–H and O–H groups in total. The summed E-state index contributed by atoms with van der Waals surface area (Å²) in [7, 11) is 0. The van der Waals surface area contributed by atoms with Crippen molar-refractivity contribution in [3.63, 3.8) is 0 Å². The second kappa shape index (κ2) is 6.78. The summed E-state index contributed by atoms with van der Waals surface area (Å²) in [4.78, 5) is 17.8. The summed E-state index contributed by atoms with van der Waals surface area (Å²) in [6.45, 7) is 4.24. The van der Waals surface area contributed by atoms with Crippen LogP contribution in [0.15, 0.2) is 54.6 Å². The zero-order chi connectivity index (χ0) is 19.2. The van der Waals surface area contributed by atoms with Gasteiger partial charge in [-0.1, -0.05) is 61.3 Å². The monoisotopic (exact) mass is 395 g/mol. The van der Waals surface area contributed by atoms with Crippen molar-refractivity contribution in [3.05, 3.63) is 75.9 Å². The first-order valence-electron chi connectivity index (χ1n) is 8.91. The first-order chi connectivity index (χ1) is 12.8. The van der Waals surface area contributed by atoms with Crippen LogP contribution in [0.1, 0.15) is 36.3 Å². The molecule has 0 saturated heterocycles. The molecule has 1 aromatic heterocycles. The Balaban J connectivity index is 1.95. The molecule has 1 aliphatic rings. The molecule has 0 bridgehead atoms. The van der Waals surface area contributed by atoms with Gasteiger partial charge < -0.3 is 0 Å². The van der Waals surface area contributed by atoms with Crippen LogP contribution in [0.5, 0.6) is 0 Å². The van der Waals surface area contributed by atoms with Gasteiger partial charge in [0.05, 0.1) is 11.4 Å². The number of carbonyl (C=O) groups is 1. The van der Waals surface area contributed by atoms with E-state index < -0.39 is 0 Å². The molecule has 136 valence electrons. The molecule has 0 amide bonds. The molecule has 0 aliphatic heterocycles. The maximum atomic E-state index is 13.0. The third-order valence-electron chi connectivity index (χ3n) is 4.95. The van der Waals surface area contributed by atoms with E-state index >= 15 is 0 Å². The molecule has 4 rings (SSSR count). The normalized spacial score (nSPS) is 15.5. The summed E-state index contributed by atoms with van der Waals surface area (Å²) in [5, 5.41) is 1.36. The largest absolute Gasteiger partial charge is 0.294 e. The first-order valence-corrected chi connectivity index (χ1v) is 9.67. The molecule has 3 aromatic rings. The third kappa shape index (κ3) is 3.65. The van der Waals surface area contributed by atoms with Gasteiger partial charge in [0.15, 0.2) is 5.78 Å². The Labute approximate surface area is 169 Å². The van der Waals surface area contributed by atoms with E-state index in [0.29, 0.717) is 16.5 Å². The van der Waals surface area contributed by atoms with Gasteiger partial charge in [0, 0.05) is 27.6 Å². The number of Topliss-reactive ketones (excluding diaryl/α,β-unsaturated/α-hetero) is 1. The van der Waals surface area contributed by atoms with E-state index in [2.05, 4.69) is 13.8 Å². The summed E-state index contributed by atoms with van der Waals surface area (Å²) in [5.41, 5.74) is 5.24. The Bertz CT molecular complexity index is 1020. The number of hydrogen-bond donors (Lipinski definition) is 0. The van der Waals surface area contributed by atoms with E-state index in [0.717, 1.165) is 40.1 Å². The molecule has 27 heavy (non-hydrogen) atoms. The number of carbonyl (C=O) groups excluding carboxylic acids is 1. The molecule has 1 heterocycles. The average molecular weight is 396 g/mol. The lowest BCUT2D eigenvalue weighted by Crippen LogP contribution is -2.28. The molecular weight excluding hydrogens is 377 g/mol. The number of fused-ring (bicyclic) bond motifs is 1. The Morgan fingerprint density at radius 3 is 2.00 bits per heavy atom. The van der Waals surface area contributed by atoms with Crippen molar-refractivity contribution in [1.29, 1.82) is 0 Å². The highest BCUT2D eigenvalue weighted by atomic mass is 35.5. The van der Waals surface area contributed by atoms with Gasteiger partial charge in [0.25, 0.3) is 0 Å². The smallest absolute Gasteiger partial charge is 0.165 e. The number of aromatic nitrogens is 1. The third-order valence-corrected chi connectivity index (χ3v) is 5.46. The molecular formula is C23H19Cl2NO. The van der Waals surface area contributed by atoms with Crippen LogP contribution in [0.25, 0.3) is 22.4 Å². The molecule has 2 aromatic carbocycles. The predicted octanol–water partition coefficient (Wildman–Crippen LogP) is 6.88. The molecule has 1 aliphatic carbocycles. The molecule has 0 atom stereocenters. The maximum Gasteiger partial charge on any atom is 0.165 e. The maximum absolute atomic E-state index is 13.0. The molecule has 2 nitrogen and oxygen atoms in total. The molecule has 0 saturated carbocycles. The van der Waals surface area contributed by atoms with Crippen molar-refractivity contribution in [1.82, 2.24) is 4.98 Å². The molecule has 0 unspecified atom stereocenters. The number of hydrogen-bond acceptors (Lipinski definition) is 2.